The SMILES string of the molecule is COc1ccc(Br)cc1CSc1ccccc1CN1CCNCC1. The molecule has 0 amide bonds. The molecule has 5 heteroatoms. The standard InChI is InChI=1S/C19H23BrN2OS/c1-23-18-7-6-17(20)12-16(18)14-24-19-5-3-2-4-15(19)13-22-10-8-21-9-11-22/h2-7,12,21H,8-11,13-14H2,1H3. The summed E-state index contributed by atoms with van der Waals surface area (Å²) < 4.78 is 6.58. The highest BCUT2D eigenvalue weighted by Crippen LogP contribution is 2.32. The summed E-state index contributed by atoms with van der Waals surface area (Å²) in [6.07, 6.45) is 0. The number of hydrogen-bond acceptors (Lipinski definition) is 4. The number of nitrogens with one attached hydrogen (secondary N) is 1. The van der Waals surface area contributed by atoms with Crippen LogP contribution in [0.2, 0.25) is 0 Å². The molecule has 2 aromatic carbocycles. The van der Waals surface area contributed by atoms with Crippen molar-refractivity contribution in [3.05, 3.63) is 58.1 Å². The summed E-state index contributed by atoms with van der Waals surface area (Å²) >= 11 is 5.44. The van der Waals surface area contributed by atoms with Crippen molar-refractivity contribution in [1.82, 2.24) is 10.2 Å². The first-order valence-electron chi connectivity index (χ1n) is 8.22. The topological polar surface area (TPSA) is 24.5 Å². The van der Waals surface area contributed by atoms with E-state index >= 15 is 0 Å². The molecule has 1 N–H and O–H groups in total. The molecule has 0 spiro atoms. The van der Waals surface area contributed by atoms with E-state index in [1.54, 1.807) is 7.11 Å². The van der Waals surface area contributed by atoms with Crippen molar-refractivity contribution in [2.75, 3.05) is 33.3 Å². The second-order valence-electron chi connectivity index (χ2n) is 5.88. The minimum Gasteiger partial charge on any atom is -0.496 e. The first-order chi connectivity index (χ1) is 11.8. The maximum atomic E-state index is 5.49. The molecule has 1 aliphatic heterocycles. The van der Waals surface area contributed by atoms with Gasteiger partial charge in [-0.2, -0.15) is 0 Å². The summed E-state index contributed by atoms with van der Waals surface area (Å²) in [5.74, 6) is 1.85. The van der Waals surface area contributed by atoms with E-state index in [4.69, 9.17) is 4.74 Å². The third-order valence-corrected chi connectivity index (χ3v) is 5.86. The Bertz CT molecular complexity index is 674. The first kappa shape index (κ1) is 17.8. The summed E-state index contributed by atoms with van der Waals surface area (Å²) in [7, 11) is 1.73. The number of nitrogens with zero attached hydrogens (tertiary/aromatic N) is 1. The van der Waals surface area contributed by atoms with Gasteiger partial charge in [-0.05, 0) is 29.8 Å². The first-order valence-corrected chi connectivity index (χ1v) is 10.0. The molecule has 2 aromatic rings. The van der Waals surface area contributed by atoms with Gasteiger partial charge in [0.2, 0.25) is 0 Å². The van der Waals surface area contributed by atoms with Crippen LogP contribution in [0.25, 0.3) is 0 Å². The molecule has 1 heterocycles. The summed E-state index contributed by atoms with van der Waals surface area (Å²) in [4.78, 5) is 3.88. The minimum absolute atomic E-state index is 0.904. The number of piperazine rings is 1. The smallest absolute Gasteiger partial charge is 0.122 e. The Morgan fingerprint density at radius 1 is 1.12 bits per heavy atom. The zero-order chi connectivity index (χ0) is 16.8. The lowest BCUT2D eigenvalue weighted by molar-refractivity contribution is 0.232. The van der Waals surface area contributed by atoms with E-state index in [0.717, 1.165) is 48.7 Å². The van der Waals surface area contributed by atoms with Crippen LogP contribution in [-0.4, -0.2) is 38.2 Å². The van der Waals surface area contributed by atoms with Gasteiger partial charge in [-0.25, -0.2) is 0 Å². The molecule has 0 bridgehead atoms. The third kappa shape index (κ3) is 4.76. The molecule has 1 fully saturated rings. The molecule has 0 saturated carbocycles. The Morgan fingerprint density at radius 2 is 1.92 bits per heavy atom. The van der Waals surface area contributed by atoms with Crippen molar-refractivity contribution >= 4 is 27.7 Å². The number of thioether (sulfide) groups is 1. The van der Waals surface area contributed by atoms with E-state index in [-0.39, 0.29) is 0 Å². The van der Waals surface area contributed by atoms with Crippen molar-refractivity contribution in [2.24, 2.45) is 0 Å². The molecule has 3 nitrogen and oxygen atoms in total. The van der Waals surface area contributed by atoms with Gasteiger partial charge in [-0.15, -0.1) is 11.8 Å². The van der Waals surface area contributed by atoms with E-state index in [1.165, 1.54) is 16.0 Å². The molecule has 0 atom stereocenters. The van der Waals surface area contributed by atoms with Gasteiger partial charge in [0.05, 0.1) is 7.11 Å². The molecular formula is C19H23BrN2OS. The molecule has 128 valence electrons. The van der Waals surface area contributed by atoms with Crippen LogP contribution < -0.4 is 10.1 Å². The van der Waals surface area contributed by atoms with Gasteiger partial charge in [0.15, 0.2) is 0 Å². The highest BCUT2D eigenvalue weighted by atomic mass is 79.9. The summed E-state index contributed by atoms with van der Waals surface area (Å²) in [5.41, 5.74) is 2.63. The Kier molecular flexibility index (Phi) is 6.60. The zero-order valence-electron chi connectivity index (χ0n) is 13.9. The van der Waals surface area contributed by atoms with Crippen LogP contribution in [0, 0.1) is 0 Å². The average molecular weight is 407 g/mol. The van der Waals surface area contributed by atoms with Crippen molar-refractivity contribution in [1.29, 1.82) is 0 Å². The van der Waals surface area contributed by atoms with Crippen LogP contribution in [0.3, 0.4) is 0 Å². The van der Waals surface area contributed by atoms with Gasteiger partial charge >= 0.3 is 0 Å². The van der Waals surface area contributed by atoms with Gasteiger partial charge < -0.3 is 10.1 Å². The summed E-state index contributed by atoms with van der Waals surface area (Å²) in [5, 5.41) is 3.41. The number of benzene rings is 2. The van der Waals surface area contributed by atoms with Crippen molar-refractivity contribution < 1.29 is 4.74 Å². The fourth-order valence-corrected chi connectivity index (χ4v) is 4.34. The van der Waals surface area contributed by atoms with Gasteiger partial charge in [0.1, 0.15) is 5.75 Å². The molecule has 1 saturated heterocycles. The predicted molar refractivity (Wildman–Crippen MR) is 105 cm³/mol. The lowest BCUT2D eigenvalue weighted by Crippen LogP contribution is -2.42. The van der Waals surface area contributed by atoms with E-state index in [0.29, 0.717) is 0 Å². The Labute approximate surface area is 156 Å². The fraction of sp³-hybridized carbons (Fsp3) is 0.368. The number of rotatable bonds is 6. The quantitative estimate of drug-likeness (QED) is 0.727. The molecule has 0 radical (unpaired) electrons. The molecular weight excluding hydrogens is 384 g/mol. The number of halogens is 1. The highest BCUT2D eigenvalue weighted by Gasteiger charge is 2.13. The zero-order valence-corrected chi connectivity index (χ0v) is 16.3. The highest BCUT2D eigenvalue weighted by molar-refractivity contribution is 9.10. The lowest BCUT2D eigenvalue weighted by Gasteiger charge is -2.27. The normalized spacial score (nSPS) is 15.4. The lowest BCUT2D eigenvalue weighted by atomic mass is 10.2. The van der Waals surface area contributed by atoms with Crippen LogP contribution in [0.5, 0.6) is 5.75 Å². The Morgan fingerprint density at radius 3 is 2.71 bits per heavy atom. The number of ether oxygens (including phenoxy) is 1. The van der Waals surface area contributed by atoms with Gasteiger partial charge in [-0.1, -0.05) is 34.1 Å². The monoisotopic (exact) mass is 406 g/mol. The summed E-state index contributed by atoms with van der Waals surface area (Å²) in [6, 6.07) is 14.9. The molecule has 24 heavy (non-hydrogen) atoms. The summed E-state index contributed by atoms with van der Waals surface area (Å²) in [6.45, 7) is 5.45. The molecule has 1 aliphatic rings. The minimum atomic E-state index is 0.904. The second kappa shape index (κ2) is 8.90. The average Bonchev–Trinajstić information content (AvgIpc) is 2.62. The Balaban J connectivity index is 1.70. The van der Waals surface area contributed by atoms with E-state index in [9.17, 15) is 0 Å². The number of hydrogen-bond donors (Lipinski definition) is 1. The maximum Gasteiger partial charge on any atom is 0.122 e. The largest absolute Gasteiger partial charge is 0.496 e. The van der Waals surface area contributed by atoms with Crippen LogP contribution >= 0.6 is 27.7 Å². The third-order valence-electron chi connectivity index (χ3n) is 4.20. The van der Waals surface area contributed by atoms with Gasteiger partial charge in [-0.3, -0.25) is 4.90 Å². The van der Waals surface area contributed by atoms with Crippen molar-refractivity contribution in [3.8, 4) is 5.75 Å². The van der Waals surface area contributed by atoms with Crippen LogP contribution in [-0.2, 0) is 12.3 Å². The number of methoxy groups -OCH3 is 1. The second-order valence-corrected chi connectivity index (χ2v) is 7.81. The van der Waals surface area contributed by atoms with E-state index in [2.05, 4.69) is 56.5 Å². The van der Waals surface area contributed by atoms with Crippen LogP contribution in [0.15, 0.2) is 51.8 Å². The maximum absolute atomic E-state index is 5.49. The molecule has 0 unspecified atom stereocenters. The van der Waals surface area contributed by atoms with Crippen LogP contribution in [0.1, 0.15) is 11.1 Å². The van der Waals surface area contributed by atoms with Crippen molar-refractivity contribution in [2.45, 2.75) is 17.2 Å². The molecule has 3 rings (SSSR count). The van der Waals surface area contributed by atoms with Gasteiger partial charge in [0.25, 0.3) is 0 Å². The van der Waals surface area contributed by atoms with Crippen LogP contribution in [0.4, 0.5) is 0 Å². The molecule has 0 aromatic heterocycles. The predicted octanol–water partition coefficient (Wildman–Crippen LogP) is 4.16. The van der Waals surface area contributed by atoms with E-state index < -0.39 is 0 Å². The molecule has 0 aliphatic carbocycles. The van der Waals surface area contributed by atoms with E-state index in [1.807, 2.05) is 23.9 Å². The Hall–Kier alpha value is -1.01. The van der Waals surface area contributed by atoms with Crippen molar-refractivity contribution in [3.63, 3.8) is 0 Å². The van der Waals surface area contributed by atoms with Gasteiger partial charge in [0, 0.05) is 53.4 Å². The fourth-order valence-electron chi connectivity index (χ4n) is 2.90.